The van der Waals surface area contributed by atoms with Crippen molar-refractivity contribution in [2.75, 3.05) is 4.90 Å². The van der Waals surface area contributed by atoms with Gasteiger partial charge >= 0.3 is 11.7 Å². The summed E-state index contributed by atoms with van der Waals surface area (Å²) in [4.78, 5) is 27.4. The van der Waals surface area contributed by atoms with Gasteiger partial charge in [-0.15, -0.1) is 0 Å². The van der Waals surface area contributed by atoms with Gasteiger partial charge < -0.3 is 10.0 Å². The number of nitro groups is 1. The number of rotatable bonds is 3. The molecule has 0 spiro atoms. The Labute approximate surface area is 116 Å². The quantitative estimate of drug-likeness (QED) is 0.674. The van der Waals surface area contributed by atoms with Crippen LogP contribution in [0.5, 0.6) is 0 Å². The van der Waals surface area contributed by atoms with Crippen molar-refractivity contribution in [1.29, 1.82) is 0 Å². The zero-order valence-electron chi connectivity index (χ0n) is 11.4. The van der Waals surface area contributed by atoms with Crippen LogP contribution in [0, 0.1) is 10.1 Å². The van der Waals surface area contributed by atoms with Gasteiger partial charge in [0.25, 0.3) is 0 Å². The molecule has 0 aromatic carbocycles. The van der Waals surface area contributed by atoms with E-state index in [9.17, 15) is 14.9 Å². The SMILES string of the molecule is C[C@@H]1CCC[C@H](C)N1c1cc(C(=O)O)c([N+](=O)[O-])cn1. The summed E-state index contributed by atoms with van der Waals surface area (Å²) < 4.78 is 0. The Morgan fingerprint density at radius 2 is 2.05 bits per heavy atom. The summed E-state index contributed by atoms with van der Waals surface area (Å²) in [7, 11) is 0. The molecule has 1 fully saturated rings. The van der Waals surface area contributed by atoms with Crippen LogP contribution in [-0.2, 0) is 0 Å². The fraction of sp³-hybridized carbons (Fsp3) is 0.538. The summed E-state index contributed by atoms with van der Waals surface area (Å²) in [5.74, 6) is -0.814. The van der Waals surface area contributed by atoms with E-state index < -0.39 is 16.6 Å². The molecule has 1 aromatic rings. The van der Waals surface area contributed by atoms with Crippen LogP contribution in [0.25, 0.3) is 0 Å². The maximum Gasteiger partial charge on any atom is 0.342 e. The number of nitrogens with zero attached hydrogens (tertiary/aromatic N) is 3. The number of carboxylic acids is 1. The Balaban J connectivity index is 2.45. The Hall–Kier alpha value is -2.18. The molecule has 0 bridgehead atoms. The average molecular weight is 279 g/mol. The number of carbonyl (C=O) groups is 1. The molecular weight excluding hydrogens is 262 g/mol. The Bertz CT molecular complexity index is 536. The summed E-state index contributed by atoms with van der Waals surface area (Å²) in [5, 5.41) is 19.9. The van der Waals surface area contributed by atoms with E-state index in [2.05, 4.69) is 18.8 Å². The van der Waals surface area contributed by atoms with Gasteiger partial charge in [-0.05, 0) is 33.1 Å². The summed E-state index contributed by atoms with van der Waals surface area (Å²) in [6.07, 6.45) is 4.17. The van der Waals surface area contributed by atoms with Gasteiger partial charge in [-0.3, -0.25) is 10.1 Å². The van der Waals surface area contributed by atoms with Gasteiger partial charge in [0.1, 0.15) is 17.6 Å². The van der Waals surface area contributed by atoms with Crippen LogP contribution >= 0.6 is 0 Å². The first-order valence-corrected chi connectivity index (χ1v) is 6.58. The predicted molar refractivity (Wildman–Crippen MR) is 73.1 cm³/mol. The normalized spacial score (nSPS) is 22.6. The van der Waals surface area contributed by atoms with Crippen LogP contribution in [0.15, 0.2) is 12.3 Å². The number of aromatic nitrogens is 1. The van der Waals surface area contributed by atoms with E-state index in [-0.39, 0.29) is 17.6 Å². The first-order chi connectivity index (χ1) is 9.41. The summed E-state index contributed by atoms with van der Waals surface area (Å²) in [5.41, 5.74) is -0.788. The predicted octanol–water partition coefficient (Wildman–Crippen LogP) is 2.46. The second-order valence-corrected chi connectivity index (χ2v) is 5.16. The van der Waals surface area contributed by atoms with Crippen LogP contribution < -0.4 is 4.90 Å². The lowest BCUT2D eigenvalue weighted by atomic mass is 9.97. The monoisotopic (exact) mass is 279 g/mol. The molecule has 2 heterocycles. The molecule has 7 nitrogen and oxygen atoms in total. The van der Waals surface area contributed by atoms with Crippen molar-refractivity contribution in [3.05, 3.63) is 27.9 Å². The van der Waals surface area contributed by atoms with Crippen LogP contribution in [0.3, 0.4) is 0 Å². The molecule has 20 heavy (non-hydrogen) atoms. The minimum absolute atomic E-state index is 0.245. The molecule has 1 N–H and O–H groups in total. The highest BCUT2D eigenvalue weighted by Crippen LogP contribution is 2.30. The second-order valence-electron chi connectivity index (χ2n) is 5.16. The van der Waals surface area contributed by atoms with E-state index >= 15 is 0 Å². The van der Waals surface area contributed by atoms with Crippen molar-refractivity contribution in [3.8, 4) is 0 Å². The van der Waals surface area contributed by atoms with Gasteiger partial charge in [0.2, 0.25) is 0 Å². The van der Waals surface area contributed by atoms with Crippen LogP contribution in [0.2, 0.25) is 0 Å². The van der Waals surface area contributed by atoms with Gasteiger partial charge in [-0.25, -0.2) is 9.78 Å². The van der Waals surface area contributed by atoms with Crippen molar-refractivity contribution >= 4 is 17.5 Å². The average Bonchev–Trinajstić information content (AvgIpc) is 2.38. The van der Waals surface area contributed by atoms with Crippen LogP contribution in [0.4, 0.5) is 11.5 Å². The lowest BCUT2D eigenvalue weighted by molar-refractivity contribution is -0.385. The molecule has 0 amide bonds. The first kappa shape index (κ1) is 14.2. The van der Waals surface area contributed by atoms with Crippen molar-refractivity contribution in [2.45, 2.75) is 45.2 Å². The Morgan fingerprint density at radius 1 is 1.45 bits per heavy atom. The van der Waals surface area contributed by atoms with Gasteiger partial charge in [0.05, 0.1) is 4.92 Å². The molecule has 2 rings (SSSR count). The molecule has 2 atom stereocenters. The third-order valence-electron chi connectivity index (χ3n) is 3.75. The highest BCUT2D eigenvalue weighted by atomic mass is 16.6. The minimum Gasteiger partial charge on any atom is -0.477 e. The third kappa shape index (κ3) is 2.56. The van der Waals surface area contributed by atoms with Gasteiger partial charge in [-0.2, -0.15) is 0 Å². The lowest BCUT2D eigenvalue weighted by Gasteiger charge is -2.40. The topological polar surface area (TPSA) is 96.6 Å². The van der Waals surface area contributed by atoms with Crippen molar-refractivity contribution in [1.82, 2.24) is 4.98 Å². The fourth-order valence-corrected chi connectivity index (χ4v) is 2.77. The molecule has 1 aromatic heterocycles. The molecule has 108 valence electrons. The Morgan fingerprint density at radius 3 is 2.55 bits per heavy atom. The van der Waals surface area contributed by atoms with Crippen molar-refractivity contribution in [2.24, 2.45) is 0 Å². The number of carboxylic acid groups (broad SMARTS) is 1. The van der Waals surface area contributed by atoms with Crippen molar-refractivity contribution < 1.29 is 14.8 Å². The van der Waals surface area contributed by atoms with E-state index in [0.29, 0.717) is 5.82 Å². The zero-order valence-corrected chi connectivity index (χ0v) is 11.4. The Kier molecular flexibility index (Phi) is 3.87. The molecule has 0 saturated carbocycles. The number of aromatic carboxylic acids is 1. The van der Waals surface area contributed by atoms with E-state index in [1.807, 2.05) is 4.90 Å². The first-order valence-electron chi connectivity index (χ1n) is 6.58. The zero-order chi connectivity index (χ0) is 14.9. The molecule has 1 aliphatic rings. The van der Waals surface area contributed by atoms with Crippen LogP contribution in [0.1, 0.15) is 43.5 Å². The van der Waals surface area contributed by atoms with E-state index in [1.165, 1.54) is 6.07 Å². The standard InChI is InChI=1S/C13H17N3O4/c1-8-4-3-5-9(2)15(8)12-6-10(13(17)18)11(7-14-12)16(19)20/h6-9H,3-5H2,1-2H3,(H,17,18)/t8-,9+. The summed E-state index contributed by atoms with van der Waals surface area (Å²) >= 11 is 0. The maximum atomic E-state index is 11.2. The van der Waals surface area contributed by atoms with Crippen LogP contribution in [-0.4, -0.2) is 33.1 Å². The number of anilines is 1. The van der Waals surface area contributed by atoms with Crippen molar-refractivity contribution in [3.63, 3.8) is 0 Å². The highest BCUT2D eigenvalue weighted by molar-refractivity contribution is 5.93. The van der Waals surface area contributed by atoms with Gasteiger partial charge in [0, 0.05) is 18.2 Å². The maximum absolute atomic E-state index is 11.2. The molecular formula is C13H17N3O4. The molecule has 0 radical (unpaired) electrons. The van der Waals surface area contributed by atoms with E-state index in [4.69, 9.17) is 5.11 Å². The second kappa shape index (κ2) is 5.44. The molecule has 1 aliphatic heterocycles. The largest absolute Gasteiger partial charge is 0.477 e. The number of piperidine rings is 1. The van der Waals surface area contributed by atoms with Gasteiger partial charge in [0.15, 0.2) is 0 Å². The molecule has 1 saturated heterocycles. The van der Waals surface area contributed by atoms with E-state index in [1.54, 1.807) is 0 Å². The summed E-state index contributed by atoms with van der Waals surface area (Å²) in [6.45, 7) is 4.11. The fourth-order valence-electron chi connectivity index (χ4n) is 2.77. The highest BCUT2D eigenvalue weighted by Gasteiger charge is 2.29. The number of hydrogen-bond donors (Lipinski definition) is 1. The molecule has 7 heteroatoms. The minimum atomic E-state index is -1.31. The third-order valence-corrected chi connectivity index (χ3v) is 3.75. The lowest BCUT2D eigenvalue weighted by Crippen LogP contribution is -2.44. The number of pyridine rings is 1. The summed E-state index contributed by atoms with van der Waals surface area (Å²) in [6, 6.07) is 1.79. The molecule has 0 unspecified atom stereocenters. The smallest absolute Gasteiger partial charge is 0.342 e. The number of hydrogen-bond acceptors (Lipinski definition) is 5. The van der Waals surface area contributed by atoms with Gasteiger partial charge in [-0.1, -0.05) is 0 Å². The molecule has 0 aliphatic carbocycles. The van der Waals surface area contributed by atoms with E-state index in [0.717, 1.165) is 25.5 Å².